The summed E-state index contributed by atoms with van der Waals surface area (Å²) in [6, 6.07) is 0.399. The van der Waals surface area contributed by atoms with Gasteiger partial charge in [-0.1, -0.05) is 12.8 Å². The van der Waals surface area contributed by atoms with Crippen LogP contribution in [0.4, 0.5) is 5.69 Å². The predicted molar refractivity (Wildman–Crippen MR) is 96.7 cm³/mol. The molecular weight excluding hydrogens is 342 g/mol. The molecule has 0 bridgehead atoms. The van der Waals surface area contributed by atoms with E-state index in [9.17, 15) is 9.59 Å². The quantitative estimate of drug-likeness (QED) is 0.844. The van der Waals surface area contributed by atoms with Crippen LogP contribution in [0.15, 0.2) is 12.4 Å². The zero-order chi connectivity index (χ0) is 16.7. The van der Waals surface area contributed by atoms with Crippen molar-refractivity contribution in [3.63, 3.8) is 0 Å². The summed E-state index contributed by atoms with van der Waals surface area (Å²) >= 11 is 0. The molecule has 1 saturated carbocycles. The summed E-state index contributed by atoms with van der Waals surface area (Å²) in [4.78, 5) is 28.7. The second-order valence-corrected chi connectivity index (χ2v) is 7.28. The first-order valence-corrected chi connectivity index (χ1v) is 8.95. The van der Waals surface area contributed by atoms with Crippen LogP contribution >= 0.6 is 12.4 Å². The molecule has 0 aromatic carbocycles. The van der Waals surface area contributed by atoms with Crippen molar-refractivity contribution in [3.05, 3.63) is 12.4 Å². The molecular formula is C17H26ClN5O2. The zero-order valence-electron chi connectivity index (χ0n) is 14.6. The molecule has 3 atom stereocenters. The number of nitrogens with zero attached hydrogens (tertiary/aromatic N) is 4. The van der Waals surface area contributed by atoms with E-state index >= 15 is 0 Å². The number of rotatable bonds is 2. The monoisotopic (exact) mass is 367 g/mol. The van der Waals surface area contributed by atoms with E-state index in [0.717, 1.165) is 12.1 Å². The third-order valence-corrected chi connectivity index (χ3v) is 5.70. The maximum absolute atomic E-state index is 12.8. The molecule has 0 radical (unpaired) electrons. The number of hydrogen-bond donors (Lipinski definition) is 1. The van der Waals surface area contributed by atoms with Gasteiger partial charge in [0, 0.05) is 32.4 Å². The molecule has 3 fully saturated rings. The number of amides is 2. The molecule has 3 heterocycles. The Kier molecular flexibility index (Phi) is 5.34. The van der Waals surface area contributed by atoms with E-state index in [4.69, 9.17) is 0 Å². The van der Waals surface area contributed by atoms with E-state index in [1.807, 2.05) is 13.2 Å². The Morgan fingerprint density at radius 1 is 1.28 bits per heavy atom. The van der Waals surface area contributed by atoms with Crippen LogP contribution in [0.1, 0.15) is 32.1 Å². The highest BCUT2D eigenvalue weighted by Crippen LogP contribution is 2.33. The van der Waals surface area contributed by atoms with E-state index < -0.39 is 0 Å². The van der Waals surface area contributed by atoms with E-state index in [0.29, 0.717) is 25.0 Å². The van der Waals surface area contributed by atoms with E-state index in [1.165, 1.54) is 25.7 Å². The number of halogens is 1. The van der Waals surface area contributed by atoms with Crippen molar-refractivity contribution in [1.29, 1.82) is 0 Å². The van der Waals surface area contributed by atoms with Gasteiger partial charge in [-0.25, -0.2) is 0 Å². The zero-order valence-corrected chi connectivity index (χ0v) is 15.4. The van der Waals surface area contributed by atoms with Gasteiger partial charge in [-0.2, -0.15) is 5.10 Å². The molecule has 2 amide bonds. The van der Waals surface area contributed by atoms with Crippen molar-refractivity contribution in [1.82, 2.24) is 20.0 Å². The SMILES string of the molecule is Cl.Cn1cc(N2CCN(C(=O)C3CC4CCCCC4N3)CC2=O)cn1. The largest absolute Gasteiger partial charge is 0.330 e. The molecule has 1 aromatic rings. The first-order valence-electron chi connectivity index (χ1n) is 8.95. The maximum Gasteiger partial charge on any atom is 0.246 e. The minimum Gasteiger partial charge on any atom is -0.330 e. The van der Waals surface area contributed by atoms with Gasteiger partial charge in [0.15, 0.2) is 0 Å². The number of carbonyl (C=O) groups is 2. The number of nitrogens with one attached hydrogen (secondary N) is 1. The highest BCUT2D eigenvalue weighted by molar-refractivity contribution is 5.98. The van der Waals surface area contributed by atoms with Crippen molar-refractivity contribution >= 4 is 29.9 Å². The molecule has 1 aliphatic carbocycles. The molecule has 3 unspecified atom stereocenters. The maximum atomic E-state index is 12.8. The topological polar surface area (TPSA) is 70.5 Å². The third kappa shape index (κ3) is 3.53. The van der Waals surface area contributed by atoms with Crippen LogP contribution in [0, 0.1) is 5.92 Å². The lowest BCUT2D eigenvalue weighted by atomic mass is 9.85. The average Bonchev–Trinajstić information content (AvgIpc) is 3.20. The highest BCUT2D eigenvalue weighted by Gasteiger charge is 2.41. The second-order valence-electron chi connectivity index (χ2n) is 7.28. The summed E-state index contributed by atoms with van der Waals surface area (Å²) in [5.41, 5.74) is 0.805. The first kappa shape index (κ1) is 18.2. The average molecular weight is 368 g/mol. The number of carbonyl (C=O) groups excluding carboxylic acids is 2. The van der Waals surface area contributed by atoms with Gasteiger partial charge in [-0.15, -0.1) is 12.4 Å². The molecule has 8 heteroatoms. The second kappa shape index (κ2) is 7.33. The minimum atomic E-state index is -0.101. The molecule has 2 saturated heterocycles. The van der Waals surface area contributed by atoms with Crippen molar-refractivity contribution < 1.29 is 9.59 Å². The number of aromatic nitrogens is 2. The van der Waals surface area contributed by atoms with E-state index in [2.05, 4.69) is 10.4 Å². The fourth-order valence-electron chi connectivity index (χ4n) is 4.41. The number of anilines is 1. The summed E-state index contributed by atoms with van der Waals surface area (Å²) in [7, 11) is 1.83. The molecule has 1 aromatic heterocycles. The molecule has 3 aliphatic rings. The molecule has 7 nitrogen and oxygen atoms in total. The van der Waals surface area contributed by atoms with Gasteiger partial charge in [-0.05, 0) is 25.2 Å². The van der Waals surface area contributed by atoms with E-state index in [1.54, 1.807) is 20.7 Å². The summed E-state index contributed by atoms with van der Waals surface area (Å²) < 4.78 is 1.68. The van der Waals surface area contributed by atoms with E-state index in [-0.39, 0.29) is 36.8 Å². The van der Waals surface area contributed by atoms with Crippen molar-refractivity contribution in [2.75, 3.05) is 24.5 Å². The van der Waals surface area contributed by atoms with Crippen LogP contribution < -0.4 is 10.2 Å². The Labute approximate surface area is 154 Å². The summed E-state index contributed by atoms with van der Waals surface area (Å²) in [5, 5.41) is 7.64. The normalized spacial score (nSPS) is 29.3. The van der Waals surface area contributed by atoms with Gasteiger partial charge in [0.2, 0.25) is 11.8 Å². The number of fused-ring (bicyclic) bond motifs is 1. The lowest BCUT2D eigenvalue weighted by Gasteiger charge is -2.34. The Morgan fingerprint density at radius 2 is 2.08 bits per heavy atom. The highest BCUT2D eigenvalue weighted by atomic mass is 35.5. The van der Waals surface area contributed by atoms with Gasteiger partial charge in [0.05, 0.1) is 17.9 Å². The standard InChI is InChI=1S/C17H25N5O2.ClH/c1-20-10-13(9-18-20)22-7-6-21(11-16(22)23)17(24)15-8-12-4-2-3-5-14(12)19-15;/h9-10,12,14-15,19H,2-8,11H2,1H3;1H. The Morgan fingerprint density at radius 3 is 2.76 bits per heavy atom. The van der Waals surface area contributed by atoms with Crippen LogP contribution in [0.5, 0.6) is 0 Å². The van der Waals surface area contributed by atoms with Crippen molar-refractivity contribution in [2.45, 2.75) is 44.2 Å². The van der Waals surface area contributed by atoms with Crippen molar-refractivity contribution in [3.8, 4) is 0 Å². The van der Waals surface area contributed by atoms with Crippen LogP contribution in [-0.2, 0) is 16.6 Å². The number of hydrogen-bond acceptors (Lipinski definition) is 4. The Bertz CT molecular complexity index is 635. The fourth-order valence-corrected chi connectivity index (χ4v) is 4.41. The summed E-state index contributed by atoms with van der Waals surface area (Å²) in [6.45, 7) is 1.30. The van der Waals surface area contributed by atoms with Gasteiger partial charge in [0.25, 0.3) is 0 Å². The summed E-state index contributed by atoms with van der Waals surface area (Å²) in [6.07, 6.45) is 9.42. The fraction of sp³-hybridized carbons (Fsp3) is 0.706. The van der Waals surface area contributed by atoms with Gasteiger partial charge >= 0.3 is 0 Å². The molecule has 0 spiro atoms. The van der Waals surface area contributed by atoms with Gasteiger partial charge in [0.1, 0.15) is 6.54 Å². The third-order valence-electron chi connectivity index (χ3n) is 5.70. The van der Waals surface area contributed by atoms with Gasteiger partial charge < -0.3 is 15.1 Å². The Balaban J connectivity index is 0.00000182. The molecule has 2 aliphatic heterocycles. The van der Waals surface area contributed by atoms with Crippen LogP contribution in [-0.4, -0.2) is 58.2 Å². The first-order chi connectivity index (χ1) is 11.6. The number of aryl methyl sites for hydroxylation is 1. The minimum absolute atomic E-state index is 0. The van der Waals surface area contributed by atoms with Gasteiger partial charge in [-0.3, -0.25) is 14.3 Å². The number of piperazine rings is 1. The molecule has 138 valence electrons. The molecule has 25 heavy (non-hydrogen) atoms. The van der Waals surface area contributed by atoms with Crippen LogP contribution in [0.2, 0.25) is 0 Å². The van der Waals surface area contributed by atoms with Crippen molar-refractivity contribution in [2.24, 2.45) is 13.0 Å². The Hall–Kier alpha value is -1.60. The molecule has 1 N–H and O–H groups in total. The molecule has 4 rings (SSSR count). The van der Waals surface area contributed by atoms with Crippen LogP contribution in [0.3, 0.4) is 0 Å². The lowest BCUT2D eigenvalue weighted by molar-refractivity contribution is -0.138. The smallest absolute Gasteiger partial charge is 0.246 e. The summed E-state index contributed by atoms with van der Waals surface area (Å²) in [5.74, 6) is 0.710. The predicted octanol–water partition coefficient (Wildman–Crippen LogP) is 0.938. The lowest BCUT2D eigenvalue weighted by Crippen LogP contribution is -2.56. The van der Waals surface area contributed by atoms with Crippen LogP contribution in [0.25, 0.3) is 0 Å².